The molecule has 12 heteroatoms. The van der Waals surface area contributed by atoms with Crippen LogP contribution in [0.4, 0.5) is 16.2 Å². The number of halogens is 1. The molecule has 0 spiro atoms. The molecule has 0 aromatic heterocycles. The SMILES string of the molecule is COc1ccccc1N1CCN(CCN2C(=O)Nc3cc4c(cc3S2(=O)=O)OCCCO4)CC1.Cl. The summed E-state index contributed by atoms with van der Waals surface area (Å²) in [6, 6.07) is 10.2. The van der Waals surface area contributed by atoms with Crippen LogP contribution in [0.1, 0.15) is 6.42 Å². The van der Waals surface area contributed by atoms with Crippen molar-refractivity contribution in [2.75, 3.05) is 69.8 Å². The molecular formula is C23H29ClN4O6S. The Morgan fingerprint density at radius 1 is 1.00 bits per heavy atom. The third-order valence-electron chi connectivity index (χ3n) is 6.30. The zero-order valence-electron chi connectivity index (χ0n) is 19.4. The van der Waals surface area contributed by atoms with Crippen molar-refractivity contribution in [3.05, 3.63) is 36.4 Å². The second-order valence-corrected chi connectivity index (χ2v) is 10.2. The van der Waals surface area contributed by atoms with Gasteiger partial charge in [-0.05, 0) is 12.1 Å². The van der Waals surface area contributed by atoms with E-state index < -0.39 is 16.1 Å². The van der Waals surface area contributed by atoms with E-state index in [9.17, 15) is 13.2 Å². The van der Waals surface area contributed by atoms with Crippen molar-refractivity contribution in [3.8, 4) is 17.2 Å². The number of piperazine rings is 1. The number of hydrogen-bond acceptors (Lipinski definition) is 8. The van der Waals surface area contributed by atoms with Crippen LogP contribution >= 0.6 is 12.4 Å². The van der Waals surface area contributed by atoms with Gasteiger partial charge >= 0.3 is 6.03 Å². The fourth-order valence-electron chi connectivity index (χ4n) is 4.46. The molecule has 1 saturated heterocycles. The van der Waals surface area contributed by atoms with Crippen LogP contribution in [0.3, 0.4) is 0 Å². The summed E-state index contributed by atoms with van der Waals surface area (Å²) in [5.74, 6) is 1.65. The lowest BCUT2D eigenvalue weighted by atomic mass is 10.2. The van der Waals surface area contributed by atoms with Crippen LogP contribution in [0, 0.1) is 0 Å². The Morgan fingerprint density at radius 3 is 2.40 bits per heavy atom. The van der Waals surface area contributed by atoms with Gasteiger partial charge in [-0.1, -0.05) is 12.1 Å². The van der Waals surface area contributed by atoms with E-state index >= 15 is 0 Å². The number of anilines is 2. The van der Waals surface area contributed by atoms with E-state index in [0.29, 0.717) is 37.7 Å². The van der Waals surface area contributed by atoms with Crippen LogP contribution in [0.25, 0.3) is 0 Å². The molecule has 1 N–H and O–H groups in total. The molecule has 0 atom stereocenters. The first-order valence-electron chi connectivity index (χ1n) is 11.3. The third kappa shape index (κ3) is 4.93. The molecule has 0 aliphatic carbocycles. The summed E-state index contributed by atoms with van der Waals surface area (Å²) in [7, 11) is -2.35. The minimum Gasteiger partial charge on any atom is -0.495 e. The maximum Gasteiger partial charge on any atom is 0.335 e. The topological polar surface area (TPSA) is 101 Å². The molecule has 0 unspecified atom stereocenters. The van der Waals surface area contributed by atoms with Gasteiger partial charge in [0.25, 0.3) is 10.0 Å². The second kappa shape index (κ2) is 10.4. The highest BCUT2D eigenvalue weighted by molar-refractivity contribution is 7.90. The fraction of sp³-hybridized carbons (Fsp3) is 0.435. The van der Waals surface area contributed by atoms with E-state index in [2.05, 4.69) is 15.1 Å². The van der Waals surface area contributed by atoms with E-state index in [-0.39, 0.29) is 29.5 Å². The number of ether oxygens (including phenoxy) is 3. The Kier molecular flexibility index (Phi) is 7.48. The average molecular weight is 525 g/mol. The summed E-state index contributed by atoms with van der Waals surface area (Å²) >= 11 is 0. The first-order valence-corrected chi connectivity index (χ1v) is 12.8. The number of fused-ring (bicyclic) bond motifs is 2. The van der Waals surface area contributed by atoms with Crippen molar-refractivity contribution >= 4 is 39.8 Å². The van der Waals surface area contributed by atoms with Gasteiger partial charge in [0.05, 0.1) is 38.2 Å². The van der Waals surface area contributed by atoms with Gasteiger partial charge in [-0.15, -0.1) is 12.4 Å². The summed E-state index contributed by atoms with van der Waals surface area (Å²) in [5, 5.41) is 2.70. The summed E-state index contributed by atoms with van der Waals surface area (Å²) in [5.41, 5.74) is 1.26. The van der Waals surface area contributed by atoms with Gasteiger partial charge in [-0.25, -0.2) is 17.5 Å². The molecule has 2 aromatic rings. The maximum atomic E-state index is 13.3. The molecule has 190 valence electrons. The number of benzene rings is 2. The number of urea groups is 1. The Hall–Kier alpha value is -2.89. The molecule has 2 amide bonds. The number of sulfonamides is 1. The molecule has 0 radical (unpaired) electrons. The smallest absolute Gasteiger partial charge is 0.335 e. The quantitative estimate of drug-likeness (QED) is 0.637. The largest absolute Gasteiger partial charge is 0.495 e. The maximum absolute atomic E-state index is 13.3. The Balaban J connectivity index is 0.00000289. The van der Waals surface area contributed by atoms with E-state index in [4.69, 9.17) is 14.2 Å². The first kappa shape index (κ1) is 25.2. The van der Waals surface area contributed by atoms with Crippen molar-refractivity contribution in [2.24, 2.45) is 0 Å². The van der Waals surface area contributed by atoms with Crippen molar-refractivity contribution < 1.29 is 27.4 Å². The highest BCUT2D eigenvalue weighted by atomic mass is 35.5. The molecule has 3 aliphatic rings. The van der Waals surface area contributed by atoms with E-state index in [1.807, 2.05) is 24.3 Å². The van der Waals surface area contributed by atoms with Crippen LogP contribution in [0.5, 0.6) is 17.2 Å². The molecule has 5 rings (SSSR count). The van der Waals surface area contributed by atoms with Crippen LogP contribution in [0.15, 0.2) is 41.3 Å². The Bertz CT molecular complexity index is 1190. The number of carbonyl (C=O) groups is 1. The van der Waals surface area contributed by atoms with Crippen LogP contribution in [-0.2, 0) is 10.0 Å². The number of methoxy groups -OCH3 is 1. The van der Waals surface area contributed by atoms with Gasteiger partial charge in [0.1, 0.15) is 10.6 Å². The van der Waals surface area contributed by atoms with Crippen LogP contribution < -0.4 is 24.4 Å². The standard InChI is InChI=1S/C23H28N4O6S.ClH/c1-31-19-6-3-2-5-18(19)26-10-7-25(8-11-26)9-12-27-23(28)24-17-15-20-21(33-14-4-13-32-20)16-22(17)34(27,29)30;/h2-3,5-6,15-16H,4,7-14H2,1H3,(H,24,28);1H. The van der Waals surface area contributed by atoms with Gasteiger partial charge in [0.15, 0.2) is 11.5 Å². The molecule has 35 heavy (non-hydrogen) atoms. The number of carbonyl (C=O) groups excluding carboxylic acids is 1. The van der Waals surface area contributed by atoms with Crippen LogP contribution in [0.2, 0.25) is 0 Å². The molecule has 0 saturated carbocycles. The summed E-state index contributed by atoms with van der Waals surface area (Å²) in [6.07, 6.45) is 0.703. The van der Waals surface area contributed by atoms with Crippen molar-refractivity contribution in [3.63, 3.8) is 0 Å². The molecule has 2 aromatic carbocycles. The molecule has 1 fully saturated rings. The highest BCUT2D eigenvalue weighted by Gasteiger charge is 2.38. The zero-order chi connectivity index (χ0) is 23.7. The lowest BCUT2D eigenvalue weighted by Gasteiger charge is -2.37. The van der Waals surface area contributed by atoms with Crippen LogP contribution in [-0.4, -0.2) is 83.2 Å². The first-order chi connectivity index (χ1) is 16.5. The van der Waals surface area contributed by atoms with Gasteiger partial charge < -0.3 is 24.4 Å². The number of nitrogens with zero attached hydrogens (tertiary/aromatic N) is 3. The number of para-hydroxylation sites is 2. The van der Waals surface area contributed by atoms with Gasteiger partial charge in [-0.2, -0.15) is 0 Å². The summed E-state index contributed by atoms with van der Waals surface area (Å²) in [6.45, 7) is 4.51. The molecule has 10 nitrogen and oxygen atoms in total. The van der Waals surface area contributed by atoms with Gasteiger partial charge in [-0.3, -0.25) is 4.90 Å². The molecular weight excluding hydrogens is 496 g/mol. The number of nitrogens with one attached hydrogen (secondary N) is 1. The van der Waals surface area contributed by atoms with Gasteiger partial charge in [0.2, 0.25) is 0 Å². The zero-order valence-corrected chi connectivity index (χ0v) is 21.1. The second-order valence-electron chi connectivity index (χ2n) is 8.35. The van der Waals surface area contributed by atoms with E-state index in [1.54, 1.807) is 7.11 Å². The Labute approximate surface area is 211 Å². The lowest BCUT2D eigenvalue weighted by molar-refractivity contribution is 0.217. The molecule has 0 bridgehead atoms. The lowest BCUT2D eigenvalue weighted by Crippen LogP contribution is -2.51. The van der Waals surface area contributed by atoms with E-state index in [0.717, 1.165) is 41.9 Å². The minimum absolute atomic E-state index is 0. The van der Waals surface area contributed by atoms with E-state index in [1.165, 1.54) is 12.1 Å². The normalized spacial score (nSPS) is 19.2. The predicted molar refractivity (Wildman–Crippen MR) is 134 cm³/mol. The number of amides is 2. The number of rotatable bonds is 5. The monoisotopic (exact) mass is 524 g/mol. The fourth-order valence-corrected chi connectivity index (χ4v) is 5.93. The summed E-state index contributed by atoms with van der Waals surface area (Å²) < 4.78 is 44.2. The minimum atomic E-state index is -4.01. The Morgan fingerprint density at radius 2 is 1.69 bits per heavy atom. The predicted octanol–water partition coefficient (Wildman–Crippen LogP) is 2.64. The van der Waals surface area contributed by atoms with Crippen molar-refractivity contribution in [1.29, 1.82) is 0 Å². The van der Waals surface area contributed by atoms with Gasteiger partial charge in [0, 0.05) is 51.3 Å². The third-order valence-corrected chi connectivity index (χ3v) is 8.13. The highest BCUT2D eigenvalue weighted by Crippen LogP contribution is 2.40. The molecule has 3 aliphatic heterocycles. The molecule has 3 heterocycles. The van der Waals surface area contributed by atoms with Crippen molar-refractivity contribution in [1.82, 2.24) is 9.21 Å². The number of hydrogen-bond donors (Lipinski definition) is 1. The van der Waals surface area contributed by atoms with Crippen molar-refractivity contribution in [2.45, 2.75) is 11.3 Å². The summed E-state index contributed by atoms with van der Waals surface area (Å²) in [4.78, 5) is 17.2. The average Bonchev–Trinajstić information content (AvgIpc) is 3.08.